The SMILES string of the molecule is Cc1cc(N2CCOCC2)nc(-n2nc(C)cc2N)n1. The Morgan fingerprint density at radius 1 is 1.10 bits per heavy atom. The Morgan fingerprint density at radius 3 is 2.50 bits per heavy atom. The van der Waals surface area contributed by atoms with Gasteiger partial charge in [0.1, 0.15) is 11.6 Å². The van der Waals surface area contributed by atoms with Crippen LogP contribution < -0.4 is 10.6 Å². The molecule has 2 N–H and O–H groups in total. The van der Waals surface area contributed by atoms with Crippen LogP contribution in [-0.2, 0) is 4.74 Å². The summed E-state index contributed by atoms with van der Waals surface area (Å²) in [7, 11) is 0. The molecule has 2 aromatic heterocycles. The first-order valence-corrected chi connectivity index (χ1v) is 6.64. The number of morpholine rings is 1. The number of hydrogen-bond acceptors (Lipinski definition) is 6. The van der Waals surface area contributed by atoms with Crippen molar-refractivity contribution in [2.24, 2.45) is 0 Å². The summed E-state index contributed by atoms with van der Waals surface area (Å²) in [5, 5.41) is 4.33. The van der Waals surface area contributed by atoms with Gasteiger partial charge < -0.3 is 15.4 Å². The van der Waals surface area contributed by atoms with Gasteiger partial charge in [0.15, 0.2) is 0 Å². The molecule has 0 unspecified atom stereocenters. The van der Waals surface area contributed by atoms with E-state index in [-0.39, 0.29) is 0 Å². The zero-order chi connectivity index (χ0) is 14.1. The first-order chi connectivity index (χ1) is 9.63. The van der Waals surface area contributed by atoms with Gasteiger partial charge in [0.2, 0.25) is 0 Å². The van der Waals surface area contributed by atoms with Crippen molar-refractivity contribution in [3.05, 3.63) is 23.5 Å². The summed E-state index contributed by atoms with van der Waals surface area (Å²) >= 11 is 0. The van der Waals surface area contributed by atoms with Gasteiger partial charge in [0, 0.05) is 30.9 Å². The van der Waals surface area contributed by atoms with Crippen molar-refractivity contribution in [1.29, 1.82) is 0 Å². The highest BCUT2D eigenvalue weighted by Gasteiger charge is 2.16. The molecule has 106 valence electrons. The van der Waals surface area contributed by atoms with Crippen molar-refractivity contribution in [2.75, 3.05) is 36.9 Å². The molecule has 0 saturated carbocycles. The van der Waals surface area contributed by atoms with Crippen molar-refractivity contribution >= 4 is 11.6 Å². The number of nitrogens with two attached hydrogens (primary N) is 1. The number of ether oxygens (including phenoxy) is 1. The van der Waals surface area contributed by atoms with E-state index in [1.165, 1.54) is 0 Å². The summed E-state index contributed by atoms with van der Waals surface area (Å²) in [6.45, 7) is 6.96. The second-order valence-electron chi connectivity index (χ2n) is 4.89. The molecule has 7 nitrogen and oxygen atoms in total. The van der Waals surface area contributed by atoms with Crippen LogP contribution in [0.15, 0.2) is 12.1 Å². The fraction of sp³-hybridized carbons (Fsp3) is 0.462. The highest BCUT2D eigenvalue weighted by Crippen LogP contribution is 2.17. The fourth-order valence-electron chi connectivity index (χ4n) is 2.27. The molecule has 3 rings (SSSR count). The van der Waals surface area contributed by atoms with Crippen LogP contribution in [-0.4, -0.2) is 46.1 Å². The molecule has 1 fully saturated rings. The van der Waals surface area contributed by atoms with Crippen LogP contribution in [0, 0.1) is 13.8 Å². The van der Waals surface area contributed by atoms with Gasteiger partial charge in [-0.05, 0) is 13.8 Å². The third kappa shape index (κ3) is 2.44. The van der Waals surface area contributed by atoms with E-state index in [0.29, 0.717) is 11.8 Å². The number of nitrogens with zero attached hydrogens (tertiary/aromatic N) is 5. The molecule has 0 bridgehead atoms. The van der Waals surface area contributed by atoms with E-state index in [1.54, 1.807) is 10.7 Å². The van der Waals surface area contributed by atoms with Crippen molar-refractivity contribution < 1.29 is 4.74 Å². The molecule has 0 radical (unpaired) electrons. The molecule has 20 heavy (non-hydrogen) atoms. The quantitative estimate of drug-likeness (QED) is 0.868. The van der Waals surface area contributed by atoms with Crippen molar-refractivity contribution in [3.63, 3.8) is 0 Å². The minimum Gasteiger partial charge on any atom is -0.383 e. The molecule has 1 aliphatic rings. The fourth-order valence-corrected chi connectivity index (χ4v) is 2.27. The van der Waals surface area contributed by atoms with Crippen LogP contribution in [0.3, 0.4) is 0 Å². The standard InChI is InChI=1S/C13H18N6O/c1-9-8-12(18-3-5-20-6-4-18)16-13(15-9)19-11(14)7-10(2)17-19/h7-8H,3-6,14H2,1-2H3. The van der Waals surface area contributed by atoms with Gasteiger partial charge in [0.05, 0.1) is 18.9 Å². The molecule has 0 aliphatic carbocycles. The predicted molar refractivity (Wildman–Crippen MR) is 76.1 cm³/mol. The van der Waals surface area contributed by atoms with E-state index >= 15 is 0 Å². The van der Waals surface area contributed by atoms with Gasteiger partial charge in [-0.15, -0.1) is 0 Å². The molecule has 0 aromatic carbocycles. The number of anilines is 2. The number of aryl methyl sites for hydroxylation is 2. The zero-order valence-electron chi connectivity index (χ0n) is 11.7. The largest absolute Gasteiger partial charge is 0.383 e. The summed E-state index contributed by atoms with van der Waals surface area (Å²) in [6, 6.07) is 3.78. The van der Waals surface area contributed by atoms with Crippen molar-refractivity contribution in [1.82, 2.24) is 19.7 Å². The van der Waals surface area contributed by atoms with Gasteiger partial charge in [0.25, 0.3) is 5.95 Å². The van der Waals surface area contributed by atoms with Crippen LogP contribution in [0.4, 0.5) is 11.6 Å². The van der Waals surface area contributed by atoms with Crippen LogP contribution in [0.5, 0.6) is 0 Å². The molecular weight excluding hydrogens is 256 g/mol. The maximum atomic E-state index is 5.94. The molecule has 3 heterocycles. The van der Waals surface area contributed by atoms with Gasteiger partial charge in [-0.25, -0.2) is 4.98 Å². The van der Waals surface area contributed by atoms with E-state index < -0.39 is 0 Å². The van der Waals surface area contributed by atoms with Crippen LogP contribution in [0.25, 0.3) is 5.95 Å². The molecule has 1 aliphatic heterocycles. The minimum absolute atomic E-state index is 0.511. The van der Waals surface area contributed by atoms with Gasteiger partial charge in [-0.1, -0.05) is 0 Å². The zero-order valence-corrected chi connectivity index (χ0v) is 11.7. The minimum atomic E-state index is 0.511. The van der Waals surface area contributed by atoms with Crippen molar-refractivity contribution in [3.8, 4) is 5.95 Å². The lowest BCUT2D eigenvalue weighted by Gasteiger charge is -2.28. The summed E-state index contributed by atoms with van der Waals surface area (Å²) in [5.74, 6) is 1.95. The van der Waals surface area contributed by atoms with Crippen LogP contribution in [0.1, 0.15) is 11.4 Å². The molecule has 7 heteroatoms. The van der Waals surface area contributed by atoms with Crippen LogP contribution >= 0.6 is 0 Å². The first kappa shape index (κ1) is 12.9. The second-order valence-corrected chi connectivity index (χ2v) is 4.89. The highest BCUT2D eigenvalue weighted by molar-refractivity contribution is 5.44. The van der Waals surface area contributed by atoms with Crippen molar-refractivity contribution in [2.45, 2.75) is 13.8 Å². The third-order valence-corrected chi connectivity index (χ3v) is 3.21. The Bertz CT molecular complexity index is 617. The predicted octanol–water partition coefficient (Wildman–Crippen LogP) is 0.698. The monoisotopic (exact) mass is 274 g/mol. The van der Waals surface area contributed by atoms with Gasteiger partial charge in [-0.2, -0.15) is 14.8 Å². The van der Waals surface area contributed by atoms with Crippen LogP contribution in [0.2, 0.25) is 0 Å². The summed E-state index contributed by atoms with van der Waals surface area (Å²) in [6.07, 6.45) is 0. The maximum Gasteiger partial charge on any atom is 0.254 e. The summed E-state index contributed by atoms with van der Waals surface area (Å²) in [5.41, 5.74) is 7.68. The van der Waals surface area contributed by atoms with Gasteiger partial charge >= 0.3 is 0 Å². The van der Waals surface area contributed by atoms with E-state index in [0.717, 1.165) is 43.5 Å². The maximum absolute atomic E-state index is 5.94. The van der Waals surface area contributed by atoms with E-state index in [2.05, 4.69) is 20.0 Å². The molecule has 0 amide bonds. The van der Waals surface area contributed by atoms with Gasteiger partial charge in [-0.3, -0.25) is 0 Å². The number of nitrogen functional groups attached to an aromatic ring is 1. The topological polar surface area (TPSA) is 82.1 Å². The number of hydrogen-bond donors (Lipinski definition) is 1. The molecular formula is C13H18N6O. The third-order valence-electron chi connectivity index (χ3n) is 3.21. The van der Waals surface area contributed by atoms with E-state index in [1.807, 2.05) is 19.9 Å². The first-order valence-electron chi connectivity index (χ1n) is 6.64. The molecule has 0 spiro atoms. The van der Waals surface area contributed by atoms with E-state index in [4.69, 9.17) is 10.5 Å². The summed E-state index contributed by atoms with van der Waals surface area (Å²) < 4.78 is 6.94. The lowest BCUT2D eigenvalue weighted by Crippen LogP contribution is -2.37. The lowest BCUT2D eigenvalue weighted by atomic mass is 10.3. The molecule has 0 atom stereocenters. The molecule has 2 aromatic rings. The Hall–Kier alpha value is -2.15. The average Bonchev–Trinajstić information content (AvgIpc) is 2.78. The normalized spacial score (nSPS) is 15.6. The number of aromatic nitrogens is 4. The molecule has 1 saturated heterocycles. The average molecular weight is 274 g/mol. The second kappa shape index (κ2) is 5.09. The lowest BCUT2D eigenvalue weighted by molar-refractivity contribution is 0.122. The Labute approximate surface area is 117 Å². The van der Waals surface area contributed by atoms with E-state index in [9.17, 15) is 0 Å². The Balaban J connectivity index is 1.99. The Kier molecular flexibility index (Phi) is 3.27. The smallest absolute Gasteiger partial charge is 0.254 e. The highest BCUT2D eigenvalue weighted by atomic mass is 16.5. The number of rotatable bonds is 2. The Morgan fingerprint density at radius 2 is 1.85 bits per heavy atom. The summed E-state index contributed by atoms with van der Waals surface area (Å²) in [4.78, 5) is 11.2.